The third kappa shape index (κ3) is 4.34. The van der Waals surface area contributed by atoms with Crippen LogP contribution in [0.5, 0.6) is 5.75 Å². The maximum absolute atomic E-state index is 13.3. The number of benzene rings is 2. The first-order valence-electron chi connectivity index (χ1n) is 8.67. The van der Waals surface area contributed by atoms with Crippen LogP contribution in [0.1, 0.15) is 28.6 Å². The number of nitrogens with one attached hydrogen (secondary N) is 1. The highest BCUT2D eigenvalue weighted by atomic mass is 19.1. The number of imidazole rings is 1. The van der Waals surface area contributed by atoms with Crippen LogP contribution in [-0.4, -0.2) is 22.1 Å². The van der Waals surface area contributed by atoms with Gasteiger partial charge in [-0.3, -0.25) is 4.79 Å². The molecule has 1 atom stereocenters. The minimum absolute atomic E-state index is 0.117. The highest BCUT2D eigenvalue weighted by molar-refractivity contribution is 5.78. The molecule has 1 unspecified atom stereocenters. The molecule has 1 N–H and O–H groups in total. The van der Waals surface area contributed by atoms with Crippen LogP contribution < -0.4 is 10.1 Å². The lowest BCUT2D eigenvalue weighted by Gasteiger charge is -2.20. The number of ether oxygens (including phenoxy) is 1. The monoisotopic (exact) mass is 367 g/mol. The van der Waals surface area contributed by atoms with E-state index in [1.807, 2.05) is 43.7 Å². The lowest BCUT2D eigenvalue weighted by atomic mass is 10.1. The smallest absolute Gasteiger partial charge is 0.258 e. The van der Waals surface area contributed by atoms with Crippen molar-refractivity contribution >= 4 is 5.91 Å². The first-order valence-corrected chi connectivity index (χ1v) is 8.67. The fourth-order valence-corrected chi connectivity index (χ4v) is 2.97. The first-order chi connectivity index (χ1) is 13.0. The highest BCUT2D eigenvalue weighted by Gasteiger charge is 2.21. The molecule has 0 saturated carbocycles. The molecule has 0 radical (unpaired) electrons. The Morgan fingerprint density at radius 3 is 2.44 bits per heavy atom. The maximum Gasteiger partial charge on any atom is 0.258 e. The molecule has 0 spiro atoms. The lowest BCUT2D eigenvalue weighted by molar-refractivity contribution is -0.123. The molecular weight excluding hydrogens is 345 g/mol. The minimum Gasteiger partial charge on any atom is -0.483 e. The van der Waals surface area contributed by atoms with E-state index in [1.54, 1.807) is 24.5 Å². The number of aromatic nitrogens is 2. The van der Waals surface area contributed by atoms with Crippen LogP contribution in [0.4, 0.5) is 4.39 Å². The average Bonchev–Trinajstić information content (AvgIpc) is 3.06. The van der Waals surface area contributed by atoms with Crippen molar-refractivity contribution in [3.8, 4) is 5.75 Å². The van der Waals surface area contributed by atoms with Gasteiger partial charge in [-0.2, -0.15) is 0 Å². The van der Waals surface area contributed by atoms with Crippen molar-refractivity contribution in [1.29, 1.82) is 0 Å². The molecule has 0 aliphatic rings. The van der Waals surface area contributed by atoms with Gasteiger partial charge in [-0.25, -0.2) is 9.37 Å². The summed E-state index contributed by atoms with van der Waals surface area (Å²) in [6, 6.07) is 11.3. The highest BCUT2D eigenvalue weighted by Crippen LogP contribution is 2.23. The van der Waals surface area contributed by atoms with Crippen molar-refractivity contribution in [3.05, 3.63) is 83.2 Å². The van der Waals surface area contributed by atoms with Crippen molar-refractivity contribution in [3.63, 3.8) is 0 Å². The van der Waals surface area contributed by atoms with Crippen LogP contribution in [0.25, 0.3) is 0 Å². The number of halogens is 1. The molecule has 3 aromatic rings. The largest absolute Gasteiger partial charge is 0.483 e. The summed E-state index contributed by atoms with van der Waals surface area (Å²) in [7, 11) is 1.85. The molecule has 1 heterocycles. The van der Waals surface area contributed by atoms with Crippen LogP contribution in [-0.2, 0) is 11.8 Å². The van der Waals surface area contributed by atoms with E-state index in [-0.39, 0.29) is 18.3 Å². The van der Waals surface area contributed by atoms with E-state index in [0.717, 1.165) is 16.7 Å². The molecule has 2 aromatic carbocycles. The molecular formula is C21H22FN3O2. The van der Waals surface area contributed by atoms with Crippen LogP contribution in [0.3, 0.4) is 0 Å². The molecule has 140 valence electrons. The number of nitrogens with zero attached hydrogens (tertiary/aromatic N) is 2. The van der Waals surface area contributed by atoms with Gasteiger partial charge in [0.15, 0.2) is 6.61 Å². The summed E-state index contributed by atoms with van der Waals surface area (Å²) >= 11 is 0. The number of hydrogen-bond donors (Lipinski definition) is 1. The normalized spacial score (nSPS) is 11.9. The second-order valence-corrected chi connectivity index (χ2v) is 6.46. The van der Waals surface area contributed by atoms with Crippen molar-refractivity contribution in [2.75, 3.05) is 6.61 Å². The second kappa shape index (κ2) is 8.03. The Hall–Kier alpha value is -3.15. The summed E-state index contributed by atoms with van der Waals surface area (Å²) in [6.45, 7) is 3.76. The number of carbonyl (C=O) groups excluding carboxylic acids is 1. The van der Waals surface area contributed by atoms with Gasteiger partial charge in [-0.15, -0.1) is 0 Å². The van der Waals surface area contributed by atoms with Crippen molar-refractivity contribution in [2.24, 2.45) is 7.05 Å². The number of aryl methyl sites for hydroxylation is 3. The van der Waals surface area contributed by atoms with E-state index < -0.39 is 6.04 Å². The van der Waals surface area contributed by atoms with Crippen molar-refractivity contribution in [2.45, 2.75) is 19.9 Å². The second-order valence-electron chi connectivity index (χ2n) is 6.46. The van der Waals surface area contributed by atoms with E-state index >= 15 is 0 Å². The summed E-state index contributed by atoms with van der Waals surface area (Å²) < 4.78 is 20.8. The Labute approximate surface area is 157 Å². The van der Waals surface area contributed by atoms with Gasteiger partial charge >= 0.3 is 0 Å². The zero-order valence-corrected chi connectivity index (χ0v) is 15.6. The molecule has 1 aromatic heterocycles. The van der Waals surface area contributed by atoms with Gasteiger partial charge in [0.25, 0.3) is 5.91 Å². The number of amides is 1. The third-order valence-corrected chi connectivity index (χ3v) is 4.38. The molecule has 0 aliphatic heterocycles. The van der Waals surface area contributed by atoms with Crippen LogP contribution in [0.2, 0.25) is 0 Å². The molecule has 0 fully saturated rings. The standard InChI is InChI=1S/C21H22FN3O2/c1-14-5-4-6-15(2)20(14)27-13-18(26)24-19(21-23-11-12-25(21)3)16-7-9-17(22)10-8-16/h4-12,19H,13H2,1-3H3,(H,24,26). The predicted octanol–water partition coefficient (Wildman–Crippen LogP) is 3.46. The topological polar surface area (TPSA) is 56.1 Å². The van der Waals surface area contributed by atoms with E-state index in [2.05, 4.69) is 10.3 Å². The average molecular weight is 367 g/mol. The summed E-state index contributed by atoms with van der Waals surface area (Å²) in [6.07, 6.45) is 3.45. The Morgan fingerprint density at radius 1 is 1.19 bits per heavy atom. The molecule has 3 rings (SSSR count). The van der Waals surface area contributed by atoms with Gasteiger partial charge < -0.3 is 14.6 Å². The maximum atomic E-state index is 13.3. The summed E-state index contributed by atoms with van der Waals surface area (Å²) in [5, 5.41) is 2.94. The lowest BCUT2D eigenvalue weighted by Crippen LogP contribution is -2.34. The number of carbonyl (C=O) groups is 1. The predicted molar refractivity (Wildman–Crippen MR) is 101 cm³/mol. The first kappa shape index (κ1) is 18.6. The fourth-order valence-electron chi connectivity index (χ4n) is 2.97. The zero-order valence-electron chi connectivity index (χ0n) is 15.6. The molecule has 27 heavy (non-hydrogen) atoms. The molecule has 0 aliphatic carbocycles. The number of hydrogen-bond acceptors (Lipinski definition) is 3. The molecule has 1 amide bonds. The van der Waals surface area contributed by atoms with Gasteiger partial charge in [-0.1, -0.05) is 30.3 Å². The third-order valence-electron chi connectivity index (χ3n) is 4.38. The van der Waals surface area contributed by atoms with Crippen LogP contribution in [0.15, 0.2) is 54.9 Å². The van der Waals surface area contributed by atoms with E-state index in [1.165, 1.54) is 12.1 Å². The van der Waals surface area contributed by atoms with Gasteiger partial charge in [0.05, 0.1) is 0 Å². The minimum atomic E-state index is -0.500. The summed E-state index contributed by atoms with van der Waals surface area (Å²) in [4.78, 5) is 16.9. The molecule has 0 saturated heterocycles. The molecule has 6 heteroatoms. The van der Waals surface area contributed by atoms with Gasteiger partial charge in [0, 0.05) is 19.4 Å². The summed E-state index contributed by atoms with van der Waals surface area (Å²) in [5.41, 5.74) is 2.69. The van der Waals surface area contributed by atoms with Crippen molar-refractivity contribution in [1.82, 2.24) is 14.9 Å². The van der Waals surface area contributed by atoms with E-state index in [9.17, 15) is 9.18 Å². The van der Waals surface area contributed by atoms with E-state index in [0.29, 0.717) is 11.6 Å². The molecule has 5 nitrogen and oxygen atoms in total. The Kier molecular flexibility index (Phi) is 5.54. The van der Waals surface area contributed by atoms with E-state index in [4.69, 9.17) is 4.74 Å². The molecule has 0 bridgehead atoms. The van der Waals surface area contributed by atoms with Gasteiger partial charge in [-0.05, 0) is 42.7 Å². The van der Waals surface area contributed by atoms with Crippen LogP contribution in [0, 0.1) is 19.7 Å². The van der Waals surface area contributed by atoms with Gasteiger partial charge in [0.2, 0.25) is 0 Å². The number of rotatable bonds is 6. The van der Waals surface area contributed by atoms with Gasteiger partial charge in [0.1, 0.15) is 23.4 Å². The Bertz CT molecular complexity index is 915. The Morgan fingerprint density at radius 2 is 1.85 bits per heavy atom. The fraction of sp³-hybridized carbons (Fsp3) is 0.238. The summed E-state index contributed by atoms with van der Waals surface area (Å²) in [5.74, 6) is 0.752. The quantitative estimate of drug-likeness (QED) is 0.726. The SMILES string of the molecule is Cc1cccc(C)c1OCC(=O)NC(c1ccc(F)cc1)c1nccn1C. The van der Waals surface area contributed by atoms with Crippen LogP contribution >= 0.6 is 0 Å². The Balaban J connectivity index is 1.77. The number of para-hydroxylation sites is 1. The zero-order chi connectivity index (χ0) is 19.4. The van der Waals surface area contributed by atoms with Crippen molar-refractivity contribution < 1.29 is 13.9 Å².